The zero-order valence-corrected chi connectivity index (χ0v) is 19.3. The van der Waals surface area contributed by atoms with E-state index in [1.807, 2.05) is 24.3 Å². The third kappa shape index (κ3) is 3.16. The van der Waals surface area contributed by atoms with Gasteiger partial charge in [0.25, 0.3) is 5.69 Å². The summed E-state index contributed by atoms with van der Waals surface area (Å²) in [7, 11) is 0. The summed E-state index contributed by atoms with van der Waals surface area (Å²) in [6, 6.07) is 17.4. The second kappa shape index (κ2) is 8.10. The van der Waals surface area contributed by atoms with Gasteiger partial charge in [0, 0.05) is 22.7 Å². The van der Waals surface area contributed by atoms with Crippen molar-refractivity contribution in [1.29, 1.82) is 0 Å². The molecule has 0 aromatic heterocycles. The molecule has 0 unspecified atom stereocenters. The molecular weight excluding hydrogens is 484 g/mol. The fourth-order valence-corrected chi connectivity index (χ4v) is 5.58. The Hall–Kier alpha value is -4.37. The maximum Gasteiger partial charge on any atom is 0.271 e. The first-order valence-corrected chi connectivity index (χ1v) is 11.6. The Labute approximate surface area is 209 Å². The molecule has 6 rings (SSSR count). The zero-order chi connectivity index (χ0) is 25.1. The van der Waals surface area contributed by atoms with E-state index in [9.17, 15) is 24.5 Å². The molecule has 3 aromatic rings. The van der Waals surface area contributed by atoms with Gasteiger partial charge in [0.1, 0.15) is 6.04 Å². The summed E-state index contributed by atoms with van der Waals surface area (Å²) in [4.78, 5) is 53.1. The van der Waals surface area contributed by atoms with Gasteiger partial charge in [-0.15, -0.1) is 0 Å². The lowest BCUT2D eigenvalue weighted by Gasteiger charge is -2.33. The van der Waals surface area contributed by atoms with Gasteiger partial charge < -0.3 is 0 Å². The summed E-state index contributed by atoms with van der Waals surface area (Å²) in [5, 5.41) is 17.9. The van der Waals surface area contributed by atoms with Gasteiger partial charge >= 0.3 is 0 Å². The van der Waals surface area contributed by atoms with Crippen LogP contribution in [0.2, 0.25) is 5.02 Å². The highest BCUT2D eigenvalue weighted by atomic mass is 35.5. The number of nitrogens with zero attached hydrogens (tertiary/aromatic N) is 4. The van der Waals surface area contributed by atoms with Crippen LogP contribution in [-0.2, 0) is 9.59 Å². The average Bonchev–Trinajstić information content (AvgIpc) is 3.36. The SMILES string of the molecule is O=C(c1ccc(Cl)cc1)[C@@H]1[C@@H]2C(=O)N(c3cccc([N+](=O)[O-])c3)C(=O)[C@H]2[C@@H]2c3ccccc3C=NN12. The first kappa shape index (κ1) is 22.1. The second-order valence-electron chi connectivity index (χ2n) is 8.85. The summed E-state index contributed by atoms with van der Waals surface area (Å²) in [6.45, 7) is 0. The van der Waals surface area contributed by atoms with Crippen LogP contribution in [0.1, 0.15) is 27.5 Å². The largest absolute Gasteiger partial charge is 0.292 e. The number of rotatable bonds is 4. The van der Waals surface area contributed by atoms with E-state index in [0.717, 1.165) is 16.0 Å². The van der Waals surface area contributed by atoms with Crippen LogP contribution in [0.25, 0.3) is 0 Å². The third-order valence-corrected chi connectivity index (χ3v) is 7.24. The van der Waals surface area contributed by atoms with Crippen molar-refractivity contribution in [2.75, 3.05) is 4.90 Å². The van der Waals surface area contributed by atoms with Crippen LogP contribution in [0, 0.1) is 22.0 Å². The number of ketones is 1. The third-order valence-electron chi connectivity index (χ3n) is 6.99. The van der Waals surface area contributed by atoms with Crippen LogP contribution in [0.5, 0.6) is 0 Å². The highest BCUT2D eigenvalue weighted by Crippen LogP contribution is 2.53. The number of amides is 2. The van der Waals surface area contributed by atoms with Crippen molar-refractivity contribution in [2.45, 2.75) is 12.1 Å². The minimum Gasteiger partial charge on any atom is -0.292 e. The number of hydrazone groups is 1. The summed E-state index contributed by atoms with van der Waals surface area (Å²) in [5.74, 6) is -3.37. The van der Waals surface area contributed by atoms with Gasteiger partial charge in [0.2, 0.25) is 11.8 Å². The number of nitro benzene ring substituents is 1. The van der Waals surface area contributed by atoms with Gasteiger partial charge in [-0.2, -0.15) is 5.10 Å². The molecule has 0 radical (unpaired) electrons. The van der Waals surface area contributed by atoms with E-state index < -0.39 is 40.7 Å². The lowest BCUT2D eigenvalue weighted by Crippen LogP contribution is -2.44. The smallest absolute Gasteiger partial charge is 0.271 e. The van der Waals surface area contributed by atoms with E-state index in [4.69, 9.17) is 11.6 Å². The van der Waals surface area contributed by atoms with E-state index in [0.29, 0.717) is 10.6 Å². The van der Waals surface area contributed by atoms with E-state index in [1.54, 1.807) is 35.5 Å². The monoisotopic (exact) mass is 500 g/mol. The summed E-state index contributed by atoms with van der Waals surface area (Å²) >= 11 is 6.00. The fourth-order valence-electron chi connectivity index (χ4n) is 5.45. The number of non-ortho nitro benzene ring substituents is 1. The lowest BCUT2D eigenvalue weighted by atomic mass is 9.83. The van der Waals surface area contributed by atoms with Crippen molar-refractivity contribution >= 4 is 46.8 Å². The first-order valence-electron chi connectivity index (χ1n) is 11.2. The fraction of sp³-hybridized carbons (Fsp3) is 0.154. The molecule has 0 aliphatic carbocycles. The van der Waals surface area contributed by atoms with Crippen molar-refractivity contribution in [2.24, 2.45) is 16.9 Å². The topological polar surface area (TPSA) is 113 Å². The van der Waals surface area contributed by atoms with Gasteiger partial charge in [0.05, 0.1) is 34.7 Å². The maximum absolute atomic E-state index is 13.8. The quantitative estimate of drug-likeness (QED) is 0.231. The van der Waals surface area contributed by atoms with Crippen LogP contribution in [0.3, 0.4) is 0 Å². The van der Waals surface area contributed by atoms with Gasteiger partial charge in [0.15, 0.2) is 5.78 Å². The standard InChI is InChI=1S/C26H17ClN4O5/c27-16-10-8-14(9-11-16)24(32)23-21-20(22-19-7-2-1-4-15(19)13-28-30(22)23)25(33)29(26(21)34)17-5-3-6-18(12-17)31(35)36/h1-13,20-23H/t20-,21-,22+,23+/m1/s1. The van der Waals surface area contributed by atoms with Crippen molar-refractivity contribution in [1.82, 2.24) is 5.01 Å². The highest BCUT2D eigenvalue weighted by molar-refractivity contribution is 6.30. The van der Waals surface area contributed by atoms with E-state index in [2.05, 4.69) is 5.10 Å². The number of carbonyl (C=O) groups excluding carboxylic acids is 3. The number of Topliss-reactive ketones (excluding diaryl/α,β-unsaturated/α-hetero) is 1. The molecule has 178 valence electrons. The molecule has 3 aromatic carbocycles. The molecule has 3 aliphatic rings. The molecule has 10 heteroatoms. The Kier molecular flexibility index (Phi) is 4.97. The van der Waals surface area contributed by atoms with Crippen LogP contribution in [0.4, 0.5) is 11.4 Å². The van der Waals surface area contributed by atoms with Crippen molar-refractivity contribution in [3.8, 4) is 0 Å². The number of nitro groups is 1. The number of halogens is 1. The molecule has 2 fully saturated rings. The number of imide groups is 1. The molecule has 3 heterocycles. The Morgan fingerprint density at radius 2 is 1.67 bits per heavy atom. The summed E-state index contributed by atoms with van der Waals surface area (Å²) in [5.41, 5.74) is 1.78. The van der Waals surface area contributed by atoms with Gasteiger partial charge in [-0.3, -0.25) is 29.5 Å². The Morgan fingerprint density at radius 3 is 2.42 bits per heavy atom. The second-order valence-corrected chi connectivity index (χ2v) is 9.29. The molecule has 9 nitrogen and oxygen atoms in total. The molecule has 0 N–H and O–H groups in total. The highest BCUT2D eigenvalue weighted by Gasteiger charge is 2.65. The number of benzene rings is 3. The Bertz CT molecular complexity index is 1490. The number of anilines is 1. The summed E-state index contributed by atoms with van der Waals surface area (Å²) in [6.07, 6.45) is 1.63. The van der Waals surface area contributed by atoms with Crippen LogP contribution in [-0.4, -0.2) is 39.8 Å². The number of fused-ring (bicyclic) bond motifs is 5. The molecule has 0 saturated carbocycles. The number of carbonyl (C=O) groups is 3. The minimum atomic E-state index is -1.04. The van der Waals surface area contributed by atoms with Crippen LogP contribution < -0.4 is 4.90 Å². The van der Waals surface area contributed by atoms with Crippen LogP contribution >= 0.6 is 11.6 Å². The number of hydrogen-bond donors (Lipinski definition) is 0. The van der Waals surface area contributed by atoms with E-state index in [-0.39, 0.29) is 17.2 Å². The van der Waals surface area contributed by atoms with Crippen molar-refractivity contribution in [3.63, 3.8) is 0 Å². The minimum absolute atomic E-state index is 0.102. The zero-order valence-electron chi connectivity index (χ0n) is 18.5. The summed E-state index contributed by atoms with van der Waals surface area (Å²) < 4.78 is 0. The van der Waals surface area contributed by atoms with E-state index >= 15 is 0 Å². The van der Waals surface area contributed by atoms with Crippen molar-refractivity contribution < 1.29 is 19.3 Å². The molecule has 2 saturated heterocycles. The lowest BCUT2D eigenvalue weighted by molar-refractivity contribution is -0.384. The predicted molar refractivity (Wildman–Crippen MR) is 131 cm³/mol. The molecule has 0 bridgehead atoms. The predicted octanol–water partition coefficient (Wildman–Crippen LogP) is 4.01. The molecular formula is C26H17ClN4O5. The maximum atomic E-state index is 13.8. The molecule has 4 atom stereocenters. The molecule has 2 amide bonds. The molecule has 3 aliphatic heterocycles. The Balaban J connectivity index is 1.49. The molecule has 0 spiro atoms. The van der Waals surface area contributed by atoms with Crippen molar-refractivity contribution in [3.05, 3.63) is 105 Å². The number of hydrogen-bond acceptors (Lipinski definition) is 7. The first-order chi connectivity index (χ1) is 17.4. The van der Waals surface area contributed by atoms with E-state index in [1.165, 1.54) is 24.3 Å². The van der Waals surface area contributed by atoms with Gasteiger partial charge in [-0.05, 0) is 41.5 Å². The normalized spacial score (nSPS) is 23.9. The van der Waals surface area contributed by atoms with Gasteiger partial charge in [-0.25, -0.2) is 4.90 Å². The average molecular weight is 501 g/mol. The van der Waals surface area contributed by atoms with Crippen LogP contribution in [0.15, 0.2) is 77.9 Å². The Morgan fingerprint density at radius 1 is 0.944 bits per heavy atom. The van der Waals surface area contributed by atoms with Gasteiger partial charge in [-0.1, -0.05) is 41.9 Å². The molecule has 36 heavy (non-hydrogen) atoms.